The Morgan fingerprint density at radius 2 is 1.92 bits per heavy atom. The zero-order valence-corrected chi connectivity index (χ0v) is 15.7. The first-order chi connectivity index (χ1) is 12.4. The van der Waals surface area contributed by atoms with Gasteiger partial charge in [-0.2, -0.15) is 5.06 Å². The second kappa shape index (κ2) is 7.67. The maximum Gasteiger partial charge on any atom is 0.219 e. The fourth-order valence-corrected chi connectivity index (χ4v) is 4.44. The fraction of sp³-hybridized carbons (Fsp3) is 0.412. The lowest BCUT2D eigenvalue weighted by atomic mass is 10.0. The number of hydroxylamine groups is 2. The Morgan fingerprint density at radius 1 is 1.23 bits per heavy atom. The SMILES string of the molecule is COc1cc(OC)cc([C@@H]2[C@@H](S(=O)(=O)NCc3ccco3)CON2C)c1. The van der Waals surface area contributed by atoms with Crippen LogP contribution in [-0.4, -0.2) is 46.6 Å². The van der Waals surface area contributed by atoms with Crippen molar-refractivity contribution in [3.8, 4) is 11.5 Å². The van der Waals surface area contributed by atoms with E-state index in [-0.39, 0.29) is 13.2 Å². The van der Waals surface area contributed by atoms with Gasteiger partial charge in [-0.05, 0) is 29.8 Å². The van der Waals surface area contributed by atoms with Crippen LogP contribution in [0, 0.1) is 0 Å². The second-order valence-corrected chi connectivity index (χ2v) is 7.90. The number of furan rings is 1. The quantitative estimate of drug-likeness (QED) is 0.779. The number of sulfonamides is 1. The number of nitrogens with one attached hydrogen (secondary N) is 1. The summed E-state index contributed by atoms with van der Waals surface area (Å²) in [7, 11) is 1.14. The van der Waals surface area contributed by atoms with Crippen LogP contribution in [0.25, 0.3) is 0 Å². The van der Waals surface area contributed by atoms with E-state index in [0.717, 1.165) is 5.56 Å². The molecule has 0 radical (unpaired) electrons. The predicted octanol–water partition coefficient (Wildman–Crippen LogP) is 1.70. The summed E-state index contributed by atoms with van der Waals surface area (Å²) in [6.45, 7) is 0.137. The standard InChI is InChI=1S/C17H22N2O6S/c1-19-17(12-7-14(22-2)9-15(8-12)23-3)16(11-25-19)26(20,21)18-10-13-5-4-6-24-13/h4-9,16-18H,10-11H2,1-3H3/t16-,17+/m0/s1. The number of hydrogen-bond donors (Lipinski definition) is 1. The van der Waals surface area contributed by atoms with Gasteiger partial charge in [0, 0.05) is 13.1 Å². The van der Waals surface area contributed by atoms with E-state index in [2.05, 4.69) is 4.72 Å². The summed E-state index contributed by atoms with van der Waals surface area (Å²) in [6, 6.07) is 8.22. The van der Waals surface area contributed by atoms with Gasteiger partial charge in [-0.3, -0.25) is 4.84 Å². The van der Waals surface area contributed by atoms with E-state index in [0.29, 0.717) is 17.3 Å². The molecule has 0 bridgehead atoms. The van der Waals surface area contributed by atoms with E-state index in [9.17, 15) is 8.42 Å². The molecule has 1 aromatic carbocycles. The molecule has 1 aromatic heterocycles. The maximum absolute atomic E-state index is 12.8. The Kier molecular flexibility index (Phi) is 5.52. The highest BCUT2D eigenvalue weighted by Crippen LogP contribution is 2.36. The van der Waals surface area contributed by atoms with Crippen molar-refractivity contribution in [1.82, 2.24) is 9.79 Å². The van der Waals surface area contributed by atoms with E-state index >= 15 is 0 Å². The van der Waals surface area contributed by atoms with Crippen molar-refractivity contribution >= 4 is 10.0 Å². The highest BCUT2D eigenvalue weighted by atomic mass is 32.2. The van der Waals surface area contributed by atoms with Crippen LogP contribution in [0.15, 0.2) is 41.0 Å². The molecule has 0 spiro atoms. The lowest BCUT2D eigenvalue weighted by molar-refractivity contribution is -0.110. The summed E-state index contributed by atoms with van der Waals surface area (Å²) in [5, 5.41) is 0.754. The van der Waals surface area contributed by atoms with E-state index in [1.54, 1.807) is 56.7 Å². The van der Waals surface area contributed by atoms with Crippen LogP contribution < -0.4 is 14.2 Å². The molecule has 3 rings (SSSR count). The highest BCUT2D eigenvalue weighted by molar-refractivity contribution is 7.90. The Hall–Kier alpha value is -2.07. The molecule has 1 N–H and O–H groups in total. The average molecular weight is 382 g/mol. The van der Waals surface area contributed by atoms with Crippen molar-refractivity contribution in [2.45, 2.75) is 17.8 Å². The van der Waals surface area contributed by atoms with Crippen LogP contribution in [0.3, 0.4) is 0 Å². The van der Waals surface area contributed by atoms with Crippen molar-refractivity contribution in [3.63, 3.8) is 0 Å². The largest absolute Gasteiger partial charge is 0.497 e. The Labute approximate surface area is 152 Å². The van der Waals surface area contributed by atoms with Crippen molar-refractivity contribution in [1.29, 1.82) is 0 Å². The average Bonchev–Trinajstić information content (AvgIpc) is 3.29. The number of methoxy groups -OCH3 is 2. The zero-order valence-electron chi connectivity index (χ0n) is 14.8. The molecule has 9 heteroatoms. The molecular weight excluding hydrogens is 360 g/mol. The monoisotopic (exact) mass is 382 g/mol. The normalized spacial score (nSPS) is 21.0. The number of nitrogens with zero attached hydrogens (tertiary/aromatic N) is 1. The Balaban J connectivity index is 1.87. The maximum atomic E-state index is 12.8. The minimum atomic E-state index is -3.66. The molecule has 0 unspecified atom stereocenters. The van der Waals surface area contributed by atoms with Crippen LogP contribution in [-0.2, 0) is 21.4 Å². The van der Waals surface area contributed by atoms with Gasteiger partial charge in [0.25, 0.3) is 0 Å². The number of hydrogen-bond acceptors (Lipinski definition) is 7. The molecule has 8 nitrogen and oxygen atoms in total. The van der Waals surface area contributed by atoms with E-state index < -0.39 is 21.3 Å². The first-order valence-electron chi connectivity index (χ1n) is 8.04. The number of rotatable bonds is 7. The summed E-state index contributed by atoms with van der Waals surface area (Å²) >= 11 is 0. The van der Waals surface area contributed by atoms with Gasteiger partial charge in [-0.25, -0.2) is 13.1 Å². The minimum absolute atomic E-state index is 0.0498. The lowest BCUT2D eigenvalue weighted by Gasteiger charge is -2.24. The smallest absolute Gasteiger partial charge is 0.219 e. The third kappa shape index (κ3) is 3.85. The summed E-state index contributed by atoms with van der Waals surface area (Å²) in [5.74, 6) is 1.71. The third-order valence-corrected chi connectivity index (χ3v) is 6.07. The molecule has 0 amide bonds. The molecular formula is C17H22N2O6S. The van der Waals surface area contributed by atoms with Crippen molar-refractivity contribution in [2.24, 2.45) is 0 Å². The van der Waals surface area contributed by atoms with E-state index in [4.69, 9.17) is 18.7 Å². The lowest BCUT2D eigenvalue weighted by Crippen LogP contribution is -2.39. The summed E-state index contributed by atoms with van der Waals surface area (Å²) < 4.78 is 44.0. The molecule has 2 atom stereocenters. The molecule has 26 heavy (non-hydrogen) atoms. The van der Waals surface area contributed by atoms with Crippen LogP contribution >= 0.6 is 0 Å². The first-order valence-corrected chi connectivity index (χ1v) is 9.59. The third-order valence-electron chi connectivity index (χ3n) is 4.33. The molecule has 142 valence electrons. The summed E-state index contributed by atoms with van der Waals surface area (Å²) in [6.07, 6.45) is 1.50. The van der Waals surface area contributed by atoms with Crippen LogP contribution in [0.4, 0.5) is 0 Å². The van der Waals surface area contributed by atoms with Crippen LogP contribution in [0.2, 0.25) is 0 Å². The van der Waals surface area contributed by atoms with Crippen molar-refractivity contribution < 1.29 is 27.1 Å². The molecule has 2 aromatic rings. The van der Waals surface area contributed by atoms with Gasteiger partial charge in [0.15, 0.2) is 0 Å². The summed E-state index contributed by atoms with van der Waals surface area (Å²) in [5.41, 5.74) is 0.731. The van der Waals surface area contributed by atoms with Gasteiger partial charge in [0.2, 0.25) is 10.0 Å². The second-order valence-electron chi connectivity index (χ2n) is 5.92. The predicted molar refractivity (Wildman–Crippen MR) is 94.3 cm³/mol. The van der Waals surface area contributed by atoms with Crippen molar-refractivity contribution in [2.75, 3.05) is 27.9 Å². The molecule has 1 saturated heterocycles. The molecule has 0 saturated carbocycles. The Bertz CT molecular complexity index is 815. The van der Waals surface area contributed by atoms with Gasteiger partial charge < -0.3 is 13.9 Å². The Morgan fingerprint density at radius 3 is 2.50 bits per heavy atom. The number of benzene rings is 1. The zero-order chi connectivity index (χ0) is 18.7. The van der Waals surface area contributed by atoms with Crippen LogP contribution in [0.1, 0.15) is 17.4 Å². The molecule has 2 heterocycles. The first kappa shape index (κ1) is 18.7. The van der Waals surface area contributed by atoms with Gasteiger partial charge >= 0.3 is 0 Å². The van der Waals surface area contributed by atoms with Crippen LogP contribution in [0.5, 0.6) is 11.5 Å². The van der Waals surface area contributed by atoms with E-state index in [1.807, 2.05) is 0 Å². The molecule has 1 aliphatic rings. The topological polar surface area (TPSA) is 90.2 Å². The van der Waals surface area contributed by atoms with Gasteiger partial charge in [-0.1, -0.05) is 0 Å². The fourth-order valence-electron chi connectivity index (χ4n) is 2.97. The summed E-state index contributed by atoms with van der Waals surface area (Å²) in [4.78, 5) is 5.51. The highest BCUT2D eigenvalue weighted by Gasteiger charge is 2.43. The van der Waals surface area contributed by atoms with Gasteiger partial charge in [-0.15, -0.1) is 0 Å². The molecule has 0 aliphatic carbocycles. The van der Waals surface area contributed by atoms with E-state index in [1.165, 1.54) is 6.26 Å². The number of ether oxygens (including phenoxy) is 2. The van der Waals surface area contributed by atoms with Gasteiger partial charge in [0.1, 0.15) is 22.5 Å². The molecule has 1 fully saturated rings. The van der Waals surface area contributed by atoms with Crippen molar-refractivity contribution in [3.05, 3.63) is 47.9 Å². The van der Waals surface area contributed by atoms with Gasteiger partial charge in [0.05, 0.1) is 39.7 Å². The molecule has 1 aliphatic heterocycles. The minimum Gasteiger partial charge on any atom is -0.497 e.